The van der Waals surface area contributed by atoms with E-state index in [2.05, 4.69) is 20.7 Å². The highest BCUT2D eigenvalue weighted by atomic mass is 16.5. The lowest BCUT2D eigenvalue weighted by Crippen LogP contribution is -2.44. The molecule has 9 nitrogen and oxygen atoms in total. The van der Waals surface area contributed by atoms with Gasteiger partial charge in [-0.3, -0.25) is 10.1 Å². The molecule has 1 atom stereocenters. The lowest BCUT2D eigenvalue weighted by Gasteiger charge is -2.14. The number of esters is 1. The van der Waals surface area contributed by atoms with Crippen LogP contribution in [0.4, 0.5) is 15.3 Å². The molecule has 1 aromatic carbocycles. The second-order valence-corrected chi connectivity index (χ2v) is 4.42. The molecular formula is C14H18N4O5. The van der Waals surface area contributed by atoms with Gasteiger partial charge in [0.25, 0.3) is 5.91 Å². The number of anilines is 1. The second kappa shape index (κ2) is 9.03. The number of hydrogen-bond donors (Lipinski definition) is 4. The molecule has 0 radical (unpaired) electrons. The Morgan fingerprint density at radius 2 is 1.74 bits per heavy atom. The van der Waals surface area contributed by atoms with Gasteiger partial charge in [0.2, 0.25) is 0 Å². The van der Waals surface area contributed by atoms with E-state index in [0.29, 0.717) is 5.69 Å². The number of benzene rings is 1. The molecule has 0 fully saturated rings. The molecule has 0 saturated carbocycles. The number of carbonyl (C=O) groups excluding carboxylic acids is 4. The second-order valence-electron chi connectivity index (χ2n) is 4.42. The molecule has 0 heterocycles. The van der Waals surface area contributed by atoms with Crippen molar-refractivity contribution in [3.63, 3.8) is 0 Å². The van der Waals surface area contributed by atoms with Crippen LogP contribution >= 0.6 is 0 Å². The molecule has 5 amide bonds. The molecule has 0 saturated heterocycles. The third-order valence-corrected chi connectivity index (χ3v) is 2.56. The zero-order chi connectivity index (χ0) is 17.2. The van der Waals surface area contributed by atoms with Crippen molar-refractivity contribution in [2.75, 3.05) is 19.0 Å². The predicted octanol–water partition coefficient (Wildman–Crippen LogP) is 0.195. The number of nitrogens with one attached hydrogen (secondary N) is 4. The average molecular weight is 322 g/mol. The fraction of sp³-hybridized carbons (Fsp3) is 0.286. The Bertz CT molecular complexity index is 576. The standard InChI is InChI=1S/C14H18N4O5/c1-9(12(20)23-8-11(19)18-13(21)15-2)16-14(22)17-10-6-4-3-5-7-10/h3-7,9H,8H2,1-2H3,(H2,16,17,22)(H2,15,18,19,21)/t9-/m0/s1. The van der Waals surface area contributed by atoms with E-state index in [-0.39, 0.29) is 0 Å². The Kier molecular flexibility index (Phi) is 7.05. The molecule has 9 heteroatoms. The van der Waals surface area contributed by atoms with Gasteiger partial charge in [0.15, 0.2) is 6.61 Å². The Morgan fingerprint density at radius 3 is 2.35 bits per heavy atom. The van der Waals surface area contributed by atoms with Crippen LogP contribution in [0.25, 0.3) is 0 Å². The van der Waals surface area contributed by atoms with Crippen LogP contribution in [-0.4, -0.2) is 43.6 Å². The minimum absolute atomic E-state index is 0.565. The fourth-order valence-corrected chi connectivity index (χ4v) is 1.43. The quantitative estimate of drug-likeness (QED) is 0.576. The van der Waals surface area contributed by atoms with Crippen molar-refractivity contribution in [3.8, 4) is 0 Å². The topological polar surface area (TPSA) is 126 Å². The fourth-order valence-electron chi connectivity index (χ4n) is 1.43. The largest absolute Gasteiger partial charge is 0.454 e. The van der Waals surface area contributed by atoms with E-state index in [1.165, 1.54) is 14.0 Å². The summed E-state index contributed by atoms with van der Waals surface area (Å²) in [5.74, 6) is -1.58. The van der Waals surface area contributed by atoms with Crippen molar-refractivity contribution >= 4 is 29.6 Å². The van der Waals surface area contributed by atoms with Gasteiger partial charge in [0, 0.05) is 12.7 Å². The molecule has 0 spiro atoms. The summed E-state index contributed by atoms with van der Waals surface area (Å²) in [6, 6.07) is 6.41. The van der Waals surface area contributed by atoms with E-state index >= 15 is 0 Å². The van der Waals surface area contributed by atoms with E-state index in [4.69, 9.17) is 0 Å². The van der Waals surface area contributed by atoms with Crippen LogP contribution in [0.2, 0.25) is 0 Å². The van der Waals surface area contributed by atoms with E-state index in [0.717, 1.165) is 0 Å². The Balaban J connectivity index is 2.34. The number of imide groups is 1. The molecule has 1 aromatic rings. The van der Waals surface area contributed by atoms with Gasteiger partial charge in [0.1, 0.15) is 6.04 Å². The lowest BCUT2D eigenvalue weighted by atomic mass is 10.3. The highest BCUT2D eigenvalue weighted by Crippen LogP contribution is 2.04. The number of para-hydroxylation sites is 1. The lowest BCUT2D eigenvalue weighted by molar-refractivity contribution is -0.149. The Hall–Kier alpha value is -3.10. The maximum atomic E-state index is 11.7. The van der Waals surface area contributed by atoms with E-state index in [1.807, 2.05) is 5.32 Å². The maximum Gasteiger partial charge on any atom is 0.328 e. The molecule has 23 heavy (non-hydrogen) atoms. The van der Waals surface area contributed by atoms with Gasteiger partial charge in [-0.2, -0.15) is 0 Å². The third-order valence-electron chi connectivity index (χ3n) is 2.56. The summed E-state index contributed by atoms with van der Waals surface area (Å²) in [7, 11) is 1.34. The molecule has 0 aliphatic rings. The molecule has 4 N–H and O–H groups in total. The van der Waals surface area contributed by atoms with Crippen LogP contribution in [0.5, 0.6) is 0 Å². The van der Waals surface area contributed by atoms with E-state index < -0.39 is 36.6 Å². The summed E-state index contributed by atoms with van der Waals surface area (Å²) in [5.41, 5.74) is 0.565. The molecule has 124 valence electrons. The predicted molar refractivity (Wildman–Crippen MR) is 81.6 cm³/mol. The van der Waals surface area contributed by atoms with Crippen LogP contribution in [0, 0.1) is 0 Å². The number of rotatable bonds is 5. The first kappa shape index (κ1) is 18.0. The Labute approximate surface area is 132 Å². The minimum Gasteiger partial charge on any atom is -0.454 e. The highest BCUT2D eigenvalue weighted by Gasteiger charge is 2.18. The van der Waals surface area contributed by atoms with Gasteiger partial charge in [-0.1, -0.05) is 18.2 Å². The zero-order valence-electron chi connectivity index (χ0n) is 12.7. The van der Waals surface area contributed by atoms with Gasteiger partial charge < -0.3 is 20.7 Å². The highest BCUT2D eigenvalue weighted by molar-refractivity contribution is 5.96. The number of urea groups is 2. The zero-order valence-corrected chi connectivity index (χ0v) is 12.7. The van der Waals surface area contributed by atoms with Crippen molar-refractivity contribution in [1.29, 1.82) is 0 Å². The molecule has 0 bridgehead atoms. The van der Waals surface area contributed by atoms with Crippen molar-refractivity contribution in [3.05, 3.63) is 30.3 Å². The first-order valence-corrected chi connectivity index (χ1v) is 6.73. The number of hydrogen-bond acceptors (Lipinski definition) is 5. The van der Waals surface area contributed by atoms with Gasteiger partial charge in [-0.25, -0.2) is 14.4 Å². The average Bonchev–Trinajstić information content (AvgIpc) is 2.53. The summed E-state index contributed by atoms with van der Waals surface area (Å²) in [6.07, 6.45) is 0. The smallest absolute Gasteiger partial charge is 0.328 e. The summed E-state index contributed by atoms with van der Waals surface area (Å²) < 4.78 is 4.69. The summed E-state index contributed by atoms with van der Waals surface area (Å²) in [5, 5.41) is 9.01. The molecule has 0 aromatic heterocycles. The third kappa shape index (κ3) is 6.93. The summed E-state index contributed by atoms with van der Waals surface area (Å²) in [6.45, 7) is 0.780. The maximum absolute atomic E-state index is 11.7. The van der Waals surface area contributed by atoms with Crippen LogP contribution in [0.1, 0.15) is 6.92 Å². The van der Waals surface area contributed by atoms with Crippen molar-refractivity contribution in [2.45, 2.75) is 13.0 Å². The summed E-state index contributed by atoms with van der Waals surface area (Å²) >= 11 is 0. The molecule has 1 rings (SSSR count). The van der Waals surface area contributed by atoms with Gasteiger partial charge in [-0.05, 0) is 19.1 Å². The van der Waals surface area contributed by atoms with E-state index in [1.54, 1.807) is 30.3 Å². The first-order valence-electron chi connectivity index (χ1n) is 6.73. The van der Waals surface area contributed by atoms with Crippen molar-refractivity contribution in [2.24, 2.45) is 0 Å². The minimum atomic E-state index is -0.966. The molecule has 0 aliphatic heterocycles. The van der Waals surface area contributed by atoms with E-state index in [9.17, 15) is 19.2 Å². The van der Waals surface area contributed by atoms with Gasteiger partial charge >= 0.3 is 18.0 Å². The van der Waals surface area contributed by atoms with Crippen LogP contribution in [-0.2, 0) is 14.3 Å². The number of amides is 5. The van der Waals surface area contributed by atoms with Gasteiger partial charge in [0.05, 0.1) is 0 Å². The van der Waals surface area contributed by atoms with Gasteiger partial charge in [-0.15, -0.1) is 0 Å². The normalized spacial score (nSPS) is 10.9. The van der Waals surface area contributed by atoms with Crippen molar-refractivity contribution < 1.29 is 23.9 Å². The van der Waals surface area contributed by atoms with Crippen LogP contribution in [0.3, 0.4) is 0 Å². The first-order chi connectivity index (χ1) is 10.9. The number of carbonyl (C=O) groups is 4. The van der Waals surface area contributed by atoms with Crippen molar-refractivity contribution in [1.82, 2.24) is 16.0 Å². The number of ether oxygens (including phenoxy) is 1. The monoisotopic (exact) mass is 322 g/mol. The molecule has 0 aliphatic carbocycles. The Morgan fingerprint density at radius 1 is 1.09 bits per heavy atom. The summed E-state index contributed by atoms with van der Waals surface area (Å²) in [4.78, 5) is 45.5. The SMILES string of the molecule is CNC(=O)NC(=O)COC(=O)[C@H](C)NC(=O)Nc1ccccc1. The molecular weight excluding hydrogens is 304 g/mol. The van der Waals surface area contributed by atoms with Crippen LogP contribution in [0.15, 0.2) is 30.3 Å². The molecule has 0 unspecified atom stereocenters. The van der Waals surface area contributed by atoms with Crippen LogP contribution < -0.4 is 21.3 Å².